The number of carbonyl (C=O) groups excluding carboxylic acids is 4. The quantitative estimate of drug-likeness (QED) is 0.219. The van der Waals surface area contributed by atoms with Crippen LogP contribution >= 0.6 is 11.6 Å². The van der Waals surface area contributed by atoms with Crippen molar-refractivity contribution in [2.45, 2.75) is 39.3 Å². The van der Waals surface area contributed by atoms with E-state index in [0.717, 1.165) is 17.8 Å². The van der Waals surface area contributed by atoms with Gasteiger partial charge < -0.3 is 19.5 Å². The van der Waals surface area contributed by atoms with Crippen LogP contribution in [0.25, 0.3) is 16.6 Å². The summed E-state index contributed by atoms with van der Waals surface area (Å²) >= 11 is 6.30. The molecule has 2 aromatic carbocycles. The van der Waals surface area contributed by atoms with Gasteiger partial charge in [-0.3, -0.25) is 24.1 Å². The predicted molar refractivity (Wildman–Crippen MR) is 167 cm³/mol. The number of nitrogens with zero attached hydrogens (tertiary/aromatic N) is 5. The first-order valence-electron chi connectivity index (χ1n) is 14.4. The Labute approximate surface area is 260 Å². The number of methoxy groups -OCH3 is 1. The average Bonchev–Trinajstić information content (AvgIpc) is 3.57. The van der Waals surface area contributed by atoms with Gasteiger partial charge in [0.2, 0.25) is 5.91 Å². The Morgan fingerprint density at radius 3 is 2.52 bits per heavy atom. The van der Waals surface area contributed by atoms with Crippen molar-refractivity contribution in [1.82, 2.24) is 24.1 Å². The smallest absolute Gasteiger partial charge is 0.324 e. The summed E-state index contributed by atoms with van der Waals surface area (Å²) in [6, 6.07) is 11.8. The molecule has 1 unspecified atom stereocenters. The number of Topliss-reactive ketones (excluding diaryl/α,β-unsaturated/α-hetero) is 1. The van der Waals surface area contributed by atoms with Gasteiger partial charge in [0.25, 0.3) is 5.91 Å². The summed E-state index contributed by atoms with van der Waals surface area (Å²) in [4.78, 5) is 55.0. The highest BCUT2D eigenvalue weighted by Gasteiger charge is 2.33. The number of fused-ring (bicyclic) bond motifs is 1. The van der Waals surface area contributed by atoms with Gasteiger partial charge >= 0.3 is 5.97 Å². The van der Waals surface area contributed by atoms with Crippen molar-refractivity contribution in [2.75, 3.05) is 39.1 Å². The number of rotatable bonds is 9. The summed E-state index contributed by atoms with van der Waals surface area (Å²) in [5.74, 6) is -0.848. The summed E-state index contributed by atoms with van der Waals surface area (Å²) in [6.07, 6.45) is 4.49. The number of ether oxygens (including phenoxy) is 1. The Hall–Kier alpha value is -4.48. The fourth-order valence-corrected chi connectivity index (χ4v) is 5.68. The number of likely N-dealkylation sites (N-methyl/N-ethyl adjacent to an activating group) is 1. The van der Waals surface area contributed by atoms with Gasteiger partial charge in [-0.2, -0.15) is 5.10 Å². The summed E-state index contributed by atoms with van der Waals surface area (Å²) in [5, 5.41) is 8.40. The number of anilines is 1. The molecule has 3 heterocycles. The van der Waals surface area contributed by atoms with E-state index in [0.29, 0.717) is 52.3 Å². The molecule has 0 bridgehead atoms. The molecular formula is C32H35ClN6O5. The van der Waals surface area contributed by atoms with Crippen LogP contribution in [0.2, 0.25) is 5.02 Å². The van der Waals surface area contributed by atoms with E-state index < -0.39 is 6.04 Å². The largest absolute Gasteiger partial charge is 0.468 e. The van der Waals surface area contributed by atoms with Gasteiger partial charge in [0.1, 0.15) is 12.6 Å². The molecule has 0 radical (unpaired) electrons. The van der Waals surface area contributed by atoms with Crippen LogP contribution in [0.4, 0.5) is 5.69 Å². The van der Waals surface area contributed by atoms with Crippen molar-refractivity contribution in [3.8, 4) is 5.69 Å². The number of hydrogen-bond acceptors (Lipinski definition) is 7. The van der Waals surface area contributed by atoms with Crippen LogP contribution in [-0.4, -0.2) is 87.5 Å². The van der Waals surface area contributed by atoms with Gasteiger partial charge in [0.05, 0.1) is 35.8 Å². The lowest BCUT2D eigenvalue weighted by molar-refractivity contribution is -0.151. The third-order valence-electron chi connectivity index (χ3n) is 8.02. The van der Waals surface area contributed by atoms with Gasteiger partial charge in [0, 0.05) is 53.9 Å². The van der Waals surface area contributed by atoms with E-state index in [4.69, 9.17) is 16.3 Å². The number of amides is 2. The van der Waals surface area contributed by atoms with Crippen LogP contribution in [0.3, 0.4) is 0 Å². The Morgan fingerprint density at radius 1 is 1.07 bits per heavy atom. The molecule has 1 N–H and O–H groups in total. The molecule has 230 valence electrons. The number of nitrogens with one attached hydrogen (secondary N) is 1. The highest BCUT2D eigenvalue weighted by atomic mass is 35.5. The number of benzene rings is 2. The molecule has 1 aliphatic rings. The minimum absolute atomic E-state index is 0.0102. The second kappa shape index (κ2) is 13.0. The number of ketones is 1. The molecular weight excluding hydrogens is 584 g/mol. The molecule has 0 aliphatic carbocycles. The maximum absolute atomic E-state index is 13.5. The first kappa shape index (κ1) is 31.0. The van der Waals surface area contributed by atoms with Crippen LogP contribution in [0.5, 0.6) is 0 Å². The van der Waals surface area contributed by atoms with E-state index >= 15 is 0 Å². The van der Waals surface area contributed by atoms with Gasteiger partial charge in [-0.15, -0.1) is 0 Å². The van der Waals surface area contributed by atoms with E-state index in [2.05, 4.69) is 10.4 Å². The molecule has 2 aromatic heterocycles. The van der Waals surface area contributed by atoms with E-state index in [1.54, 1.807) is 56.9 Å². The SMILES string of the molecule is CCCC(=O)c1cnn(-c2ccc(NC(=O)c3cn(CC(=O)N4CCN(C)C(C(=O)OC)C4)c4ccc(Cl)cc34)cc2)c1C. The number of halogens is 1. The van der Waals surface area contributed by atoms with Crippen LogP contribution in [-0.2, 0) is 20.9 Å². The third kappa shape index (κ3) is 6.24. The van der Waals surface area contributed by atoms with Gasteiger partial charge in [-0.1, -0.05) is 18.5 Å². The average molecular weight is 619 g/mol. The van der Waals surface area contributed by atoms with E-state index in [1.165, 1.54) is 7.11 Å². The number of hydrogen-bond donors (Lipinski definition) is 1. The zero-order valence-corrected chi connectivity index (χ0v) is 25.9. The molecule has 11 nitrogen and oxygen atoms in total. The second-order valence-electron chi connectivity index (χ2n) is 10.9. The van der Waals surface area contributed by atoms with Crippen molar-refractivity contribution >= 4 is 51.8 Å². The maximum Gasteiger partial charge on any atom is 0.324 e. The molecule has 44 heavy (non-hydrogen) atoms. The van der Waals surface area contributed by atoms with E-state index in [9.17, 15) is 19.2 Å². The topological polar surface area (TPSA) is 119 Å². The highest BCUT2D eigenvalue weighted by molar-refractivity contribution is 6.31. The lowest BCUT2D eigenvalue weighted by Gasteiger charge is -2.37. The zero-order chi connectivity index (χ0) is 31.5. The van der Waals surface area contributed by atoms with E-state index in [1.807, 2.05) is 37.9 Å². The molecule has 1 saturated heterocycles. The molecule has 0 spiro atoms. The van der Waals surface area contributed by atoms with Crippen LogP contribution in [0, 0.1) is 6.92 Å². The fraction of sp³-hybridized carbons (Fsp3) is 0.344. The van der Waals surface area contributed by atoms with Crippen molar-refractivity contribution in [1.29, 1.82) is 0 Å². The van der Waals surface area contributed by atoms with Crippen molar-refractivity contribution in [3.05, 3.63) is 76.7 Å². The number of carbonyl (C=O) groups is 4. The first-order chi connectivity index (χ1) is 21.1. The summed E-state index contributed by atoms with van der Waals surface area (Å²) in [7, 11) is 3.17. The van der Waals surface area contributed by atoms with Crippen LogP contribution in [0.15, 0.2) is 54.9 Å². The van der Waals surface area contributed by atoms with Gasteiger partial charge in [-0.05, 0) is 62.9 Å². The fourth-order valence-electron chi connectivity index (χ4n) is 5.51. The molecule has 1 fully saturated rings. The minimum atomic E-state index is -0.534. The first-order valence-corrected chi connectivity index (χ1v) is 14.8. The molecule has 4 aromatic rings. The van der Waals surface area contributed by atoms with Crippen molar-refractivity contribution in [3.63, 3.8) is 0 Å². The van der Waals surface area contributed by atoms with Gasteiger partial charge in [-0.25, -0.2) is 4.68 Å². The Kier molecular flexibility index (Phi) is 9.17. The summed E-state index contributed by atoms with van der Waals surface area (Å²) in [5.41, 5.74) is 3.75. The second-order valence-corrected chi connectivity index (χ2v) is 11.4. The van der Waals surface area contributed by atoms with Crippen molar-refractivity contribution < 1.29 is 23.9 Å². The van der Waals surface area contributed by atoms with Crippen LogP contribution < -0.4 is 5.32 Å². The Balaban J connectivity index is 1.34. The molecule has 1 aliphatic heterocycles. The van der Waals surface area contributed by atoms with E-state index in [-0.39, 0.29) is 36.7 Å². The summed E-state index contributed by atoms with van der Waals surface area (Å²) < 4.78 is 8.34. The Morgan fingerprint density at radius 2 is 1.82 bits per heavy atom. The minimum Gasteiger partial charge on any atom is -0.468 e. The normalized spacial score (nSPS) is 15.4. The predicted octanol–water partition coefficient (Wildman–Crippen LogP) is 4.34. The molecule has 2 amide bonds. The molecule has 1 atom stereocenters. The molecule has 0 saturated carbocycles. The molecule has 5 rings (SSSR count). The number of esters is 1. The Bertz CT molecular complexity index is 1730. The lowest BCUT2D eigenvalue weighted by Crippen LogP contribution is -2.57. The number of aromatic nitrogens is 3. The summed E-state index contributed by atoms with van der Waals surface area (Å²) in [6.45, 7) is 5.06. The van der Waals surface area contributed by atoms with Crippen molar-refractivity contribution in [2.24, 2.45) is 0 Å². The zero-order valence-electron chi connectivity index (χ0n) is 25.2. The highest BCUT2D eigenvalue weighted by Crippen LogP contribution is 2.27. The monoisotopic (exact) mass is 618 g/mol. The van der Waals surface area contributed by atoms with Crippen LogP contribution in [0.1, 0.15) is 46.2 Å². The number of piperazine rings is 1. The standard InChI is InChI=1S/C32H35ClN6O5/c1-5-6-29(40)25-16-34-39(20(25)2)23-10-8-22(9-11-23)35-31(42)26-17-38(27-12-7-21(33)15-24(26)27)19-30(41)37-14-13-36(3)28(18-37)32(43)44-4/h7-12,15-17,28H,5-6,13-14,18-19H2,1-4H3,(H,35,42). The third-order valence-corrected chi connectivity index (χ3v) is 8.26. The molecule has 12 heteroatoms. The van der Waals surface area contributed by atoms with Gasteiger partial charge in [0.15, 0.2) is 5.78 Å². The maximum atomic E-state index is 13.5. The lowest BCUT2D eigenvalue weighted by atomic mass is 10.1.